The average Bonchev–Trinajstić information content (AvgIpc) is 2.51. The number of aryl methyl sites for hydroxylation is 1. The molecular formula is C20H25NO2. The molecule has 0 atom stereocenters. The summed E-state index contributed by atoms with van der Waals surface area (Å²) >= 11 is 0. The van der Waals surface area contributed by atoms with Crippen molar-refractivity contribution in [3.63, 3.8) is 0 Å². The topological polar surface area (TPSA) is 38.3 Å². The van der Waals surface area contributed by atoms with Crippen molar-refractivity contribution in [2.45, 2.75) is 39.7 Å². The van der Waals surface area contributed by atoms with Crippen LogP contribution in [0.1, 0.15) is 37.5 Å². The van der Waals surface area contributed by atoms with E-state index in [1.54, 1.807) is 0 Å². The number of hydrogen-bond donors (Lipinski definition) is 1. The van der Waals surface area contributed by atoms with Crippen LogP contribution in [0.2, 0.25) is 0 Å². The number of amides is 1. The zero-order valence-electron chi connectivity index (χ0n) is 14.3. The predicted octanol–water partition coefficient (Wildman–Crippen LogP) is 3.99. The Balaban J connectivity index is 1.81. The fourth-order valence-corrected chi connectivity index (χ4v) is 2.25. The molecule has 0 radical (unpaired) electrons. The molecule has 0 aromatic heterocycles. The summed E-state index contributed by atoms with van der Waals surface area (Å²) in [5, 5.41) is 2.88. The number of hydrogen-bond acceptors (Lipinski definition) is 2. The monoisotopic (exact) mass is 311 g/mol. The number of carbonyl (C=O) groups is 1. The van der Waals surface area contributed by atoms with Gasteiger partial charge in [0.05, 0.1) is 0 Å². The van der Waals surface area contributed by atoms with Gasteiger partial charge in [0.1, 0.15) is 5.75 Å². The normalized spacial score (nSPS) is 11.1. The zero-order valence-corrected chi connectivity index (χ0v) is 14.3. The van der Waals surface area contributed by atoms with Crippen LogP contribution in [0.15, 0.2) is 48.5 Å². The van der Waals surface area contributed by atoms with Crippen molar-refractivity contribution >= 4 is 5.91 Å². The summed E-state index contributed by atoms with van der Waals surface area (Å²) in [6, 6.07) is 15.9. The molecule has 0 fully saturated rings. The van der Waals surface area contributed by atoms with E-state index in [-0.39, 0.29) is 17.9 Å². The molecule has 3 nitrogen and oxygen atoms in total. The lowest BCUT2D eigenvalue weighted by atomic mass is 9.87. The van der Waals surface area contributed by atoms with E-state index in [9.17, 15) is 4.79 Å². The second kappa shape index (κ2) is 7.32. The second-order valence-corrected chi connectivity index (χ2v) is 6.77. The minimum atomic E-state index is -0.117. The van der Waals surface area contributed by atoms with E-state index in [0.717, 1.165) is 5.56 Å². The lowest BCUT2D eigenvalue weighted by molar-refractivity contribution is -0.123. The SMILES string of the molecule is Cc1ccccc1CNC(=O)COc1ccc(C(C)(C)C)cc1. The molecule has 122 valence electrons. The van der Waals surface area contributed by atoms with Crippen molar-refractivity contribution in [2.24, 2.45) is 0 Å². The van der Waals surface area contributed by atoms with Crippen LogP contribution in [-0.4, -0.2) is 12.5 Å². The van der Waals surface area contributed by atoms with E-state index in [1.807, 2.05) is 55.5 Å². The summed E-state index contributed by atoms with van der Waals surface area (Å²) in [7, 11) is 0. The molecule has 1 amide bonds. The van der Waals surface area contributed by atoms with Gasteiger partial charge in [-0.25, -0.2) is 0 Å². The van der Waals surface area contributed by atoms with E-state index >= 15 is 0 Å². The van der Waals surface area contributed by atoms with Gasteiger partial charge in [-0.05, 0) is 41.2 Å². The van der Waals surface area contributed by atoms with Gasteiger partial charge in [-0.15, -0.1) is 0 Å². The van der Waals surface area contributed by atoms with Gasteiger partial charge in [-0.1, -0.05) is 57.2 Å². The number of ether oxygens (including phenoxy) is 1. The maximum absolute atomic E-state index is 11.9. The third-order valence-electron chi connectivity index (χ3n) is 3.83. The van der Waals surface area contributed by atoms with Crippen LogP contribution in [0.4, 0.5) is 0 Å². The van der Waals surface area contributed by atoms with Crippen LogP contribution in [-0.2, 0) is 16.8 Å². The summed E-state index contributed by atoms with van der Waals surface area (Å²) in [6.45, 7) is 9.10. The molecule has 3 heteroatoms. The van der Waals surface area contributed by atoms with Crippen LogP contribution in [0.5, 0.6) is 5.75 Å². The molecule has 2 aromatic carbocycles. The maximum atomic E-state index is 11.9. The van der Waals surface area contributed by atoms with E-state index in [0.29, 0.717) is 12.3 Å². The van der Waals surface area contributed by atoms with Crippen LogP contribution in [0.25, 0.3) is 0 Å². The highest BCUT2D eigenvalue weighted by Gasteiger charge is 2.13. The Kier molecular flexibility index (Phi) is 5.43. The highest BCUT2D eigenvalue weighted by molar-refractivity contribution is 5.77. The standard InChI is InChI=1S/C20H25NO2/c1-15-7-5-6-8-16(15)13-21-19(22)14-23-18-11-9-17(10-12-18)20(2,3)4/h5-12H,13-14H2,1-4H3,(H,21,22). The summed E-state index contributed by atoms with van der Waals surface area (Å²) in [4.78, 5) is 11.9. The molecule has 0 heterocycles. The predicted molar refractivity (Wildman–Crippen MR) is 93.7 cm³/mol. The quantitative estimate of drug-likeness (QED) is 0.907. The molecule has 1 N–H and O–H groups in total. The van der Waals surface area contributed by atoms with Gasteiger partial charge >= 0.3 is 0 Å². The van der Waals surface area contributed by atoms with E-state index in [2.05, 4.69) is 26.1 Å². The maximum Gasteiger partial charge on any atom is 0.258 e. The van der Waals surface area contributed by atoms with E-state index in [1.165, 1.54) is 11.1 Å². The smallest absolute Gasteiger partial charge is 0.258 e. The summed E-state index contributed by atoms with van der Waals surface area (Å²) < 4.78 is 5.54. The van der Waals surface area contributed by atoms with E-state index in [4.69, 9.17) is 4.74 Å². The highest BCUT2D eigenvalue weighted by Crippen LogP contribution is 2.24. The lowest BCUT2D eigenvalue weighted by Crippen LogP contribution is -2.28. The second-order valence-electron chi connectivity index (χ2n) is 6.77. The number of rotatable bonds is 5. The molecule has 0 aliphatic rings. The third-order valence-corrected chi connectivity index (χ3v) is 3.83. The molecule has 0 bridgehead atoms. The van der Waals surface area contributed by atoms with Crippen molar-refractivity contribution in [1.82, 2.24) is 5.32 Å². The molecule has 0 aliphatic heterocycles. The van der Waals surface area contributed by atoms with Crippen LogP contribution in [0.3, 0.4) is 0 Å². The fraction of sp³-hybridized carbons (Fsp3) is 0.350. The van der Waals surface area contributed by atoms with Crippen LogP contribution in [0, 0.1) is 6.92 Å². The molecule has 23 heavy (non-hydrogen) atoms. The molecule has 0 unspecified atom stereocenters. The van der Waals surface area contributed by atoms with Crippen molar-refractivity contribution in [3.05, 3.63) is 65.2 Å². The summed E-state index contributed by atoms with van der Waals surface area (Å²) in [5.41, 5.74) is 3.65. The largest absolute Gasteiger partial charge is 0.484 e. The van der Waals surface area contributed by atoms with Gasteiger partial charge in [-0.3, -0.25) is 4.79 Å². The van der Waals surface area contributed by atoms with Gasteiger partial charge < -0.3 is 10.1 Å². The number of nitrogens with one attached hydrogen (secondary N) is 1. The van der Waals surface area contributed by atoms with Crippen molar-refractivity contribution < 1.29 is 9.53 Å². The molecule has 2 aromatic rings. The van der Waals surface area contributed by atoms with Crippen molar-refractivity contribution in [2.75, 3.05) is 6.61 Å². The molecule has 0 spiro atoms. The fourth-order valence-electron chi connectivity index (χ4n) is 2.25. The van der Waals surface area contributed by atoms with Crippen LogP contribution >= 0.6 is 0 Å². The molecule has 2 rings (SSSR count). The minimum Gasteiger partial charge on any atom is -0.484 e. The van der Waals surface area contributed by atoms with Gasteiger partial charge in [0, 0.05) is 6.54 Å². The van der Waals surface area contributed by atoms with Gasteiger partial charge in [0.25, 0.3) is 5.91 Å². The first kappa shape index (κ1) is 17.1. The Morgan fingerprint density at radius 1 is 1.04 bits per heavy atom. The first-order valence-electron chi connectivity index (χ1n) is 7.91. The number of carbonyl (C=O) groups excluding carboxylic acids is 1. The molecule has 0 saturated heterocycles. The van der Waals surface area contributed by atoms with Crippen LogP contribution < -0.4 is 10.1 Å². The van der Waals surface area contributed by atoms with Gasteiger partial charge in [0.2, 0.25) is 0 Å². The average molecular weight is 311 g/mol. The Labute approximate surface area is 138 Å². The lowest BCUT2D eigenvalue weighted by Gasteiger charge is -2.19. The third kappa shape index (κ3) is 5.13. The Morgan fingerprint density at radius 3 is 2.30 bits per heavy atom. The first-order chi connectivity index (χ1) is 10.9. The zero-order chi connectivity index (χ0) is 16.9. The van der Waals surface area contributed by atoms with Crippen molar-refractivity contribution in [1.29, 1.82) is 0 Å². The van der Waals surface area contributed by atoms with Crippen molar-refractivity contribution in [3.8, 4) is 5.75 Å². The Bertz CT molecular complexity index is 654. The number of benzene rings is 2. The summed E-state index contributed by atoms with van der Waals surface area (Å²) in [5.74, 6) is 0.595. The first-order valence-corrected chi connectivity index (χ1v) is 7.91. The Hall–Kier alpha value is -2.29. The minimum absolute atomic E-state index is 0.0285. The Morgan fingerprint density at radius 2 is 1.70 bits per heavy atom. The van der Waals surface area contributed by atoms with Gasteiger partial charge in [-0.2, -0.15) is 0 Å². The van der Waals surface area contributed by atoms with E-state index < -0.39 is 0 Å². The van der Waals surface area contributed by atoms with Gasteiger partial charge in [0.15, 0.2) is 6.61 Å². The molecule has 0 aliphatic carbocycles. The molecular weight excluding hydrogens is 286 g/mol. The summed E-state index contributed by atoms with van der Waals surface area (Å²) in [6.07, 6.45) is 0. The molecule has 0 saturated carbocycles. The highest BCUT2D eigenvalue weighted by atomic mass is 16.5.